The smallest absolute Gasteiger partial charge is 0.197 e. The van der Waals surface area contributed by atoms with Crippen LogP contribution in [-0.4, -0.2) is 5.11 Å². The number of aromatic hydroxyl groups is 1. The van der Waals surface area contributed by atoms with Crippen molar-refractivity contribution in [1.29, 1.82) is 0 Å². The largest absolute Gasteiger partial charge is 0.506 e. The number of phenolic OH excluding ortho intramolecular Hbond substituents is 1. The van der Waals surface area contributed by atoms with E-state index in [0.29, 0.717) is 20.5 Å². The first kappa shape index (κ1) is 10.6. The minimum absolute atomic E-state index is 0.0947. The van der Waals surface area contributed by atoms with Crippen LogP contribution >= 0.6 is 22.9 Å². The summed E-state index contributed by atoms with van der Waals surface area (Å²) in [7, 11) is 0. The number of hydrogen-bond acceptors (Lipinski definition) is 3. The number of halogens is 1. The molecule has 17 heavy (non-hydrogen) atoms. The highest BCUT2D eigenvalue weighted by atomic mass is 35.5. The van der Waals surface area contributed by atoms with E-state index in [1.54, 1.807) is 12.1 Å². The number of hydrogen-bond donors (Lipinski definition) is 1. The van der Waals surface area contributed by atoms with E-state index in [1.165, 1.54) is 17.4 Å². The Hall–Kier alpha value is -1.58. The van der Waals surface area contributed by atoms with Crippen LogP contribution in [0.1, 0.15) is 0 Å². The summed E-state index contributed by atoms with van der Waals surface area (Å²) in [4.78, 5) is 12.3. The number of fused-ring (bicyclic) bond motifs is 2. The summed E-state index contributed by atoms with van der Waals surface area (Å²) in [6, 6.07) is 10.4. The van der Waals surface area contributed by atoms with Gasteiger partial charge in [-0.15, -0.1) is 11.3 Å². The Morgan fingerprint density at radius 1 is 1.12 bits per heavy atom. The van der Waals surface area contributed by atoms with Crippen molar-refractivity contribution in [1.82, 2.24) is 0 Å². The maximum atomic E-state index is 12.3. The lowest BCUT2D eigenvalue weighted by Gasteiger charge is -2.04. The molecule has 3 aromatic rings. The molecule has 0 aliphatic rings. The topological polar surface area (TPSA) is 37.3 Å². The summed E-state index contributed by atoms with van der Waals surface area (Å²) in [5.74, 6) is 0.0947. The molecule has 0 bridgehead atoms. The van der Waals surface area contributed by atoms with Crippen LogP contribution in [0.2, 0.25) is 5.02 Å². The predicted molar refractivity (Wildman–Crippen MR) is 72.3 cm³/mol. The normalized spacial score (nSPS) is 11.1. The molecule has 0 aliphatic carbocycles. The predicted octanol–water partition coefficient (Wildman–Crippen LogP) is 3.77. The fourth-order valence-corrected chi connectivity index (χ4v) is 3.26. The van der Waals surface area contributed by atoms with Crippen LogP contribution in [0, 0.1) is 0 Å². The Balaban J connectivity index is 2.69. The zero-order valence-corrected chi connectivity index (χ0v) is 10.2. The molecule has 0 aliphatic heterocycles. The van der Waals surface area contributed by atoms with E-state index in [1.807, 2.05) is 18.2 Å². The van der Waals surface area contributed by atoms with Crippen molar-refractivity contribution in [2.45, 2.75) is 0 Å². The second kappa shape index (κ2) is 3.72. The standard InChI is InChI=1S/C13H7ClO2S/c14-8-5-6-9(15)13-11(8)12(16)7-3-1-2-4-10(7)17-13/h1-6,15H. The molecule has 2 aromatic carbocycles. The van der Waals surface area contributed by atoms with Gasteiger partial charge < -0.3 is 5.11 Å². The van der Waals surface area contributed by atoms with Gasteiger partial charge in [0.05, 0.1) is 15.1 Å². The third-order valence-electron chi connectivity index (χ3n) is 2.66. The van der Waals surface area contributed by atoms with Crippen molar-refractivity contribution in [2.75, 3.05) is 0 Å². The fourth-order valence-electron chi connectivity index (χ4n) is 1.85. The highest BCUT2D eigenvalue weighted by Crippen LogP contribution is 2.34. The van der Waals surface area contributed by atoms with Gasteiger partial charge in [-0.2, -0.15) is 0 Å². The van der Waals surface area contributed by atoms with E-state index in [0.717, 1.165) is 4.70 Å². The molecule has 84 valence electrons. The quantitative estimate of drug-likeness (QED) is 0.626. The molecule has 0 unspecified atom stereocenters. The van der Waals surface area contributed by atoms with Crippen LogP contribution in [0.5, 0.6) is 5.75 Å². The average Bonchev–Trinajstić information content (AvgIpc) is 2.34. The molecule has 0 spiro atoms. The van der Waals surface area contributed by atoms with Crippen molar-refractivity contribution in [3.63, 3.8) is 0 Å². The minimum Gasteiger partial charge on any atom is -0.506 e. The van der Waals surface area contributed by atoms with E-state index in [4.69, 9.17) is 11.6 Å². The first-order valence-electron chi connectivity index (χ1n) is 5.01. The molecule has 0 atom stereocenters. The number of rotatable bonds is 0. The number of phenols is 1. The highest BCUT2D eigenvalue weighted by molar-refractivity contribution is 7.25. The maximum Gasteiger partial charge on any atom is 0.197 e. The van der Waals surface area contributed by atoms with Gasteiger partial charge in [-0.25, -0.2) is 0 Å². The van der Waals surface area contributed by atoms with Gasteiger partial charge in [-0.3, -0.25) is 4.79 Å². The zero-order valence-electron chi connectivity index (χ0n) is 8.61. The highest BCUT2D eigenvalue weighted by Gasteiger charge is 2.11. The number of benzene rings is 2. The van der Waals surface area contributed by atoms with Gasteiger partial charge in [-0.05, 0) is 24.3 Å². The fraction of sp³-hybridized carbons (Fsp3) is 0. The van der Waals surface area contributed by atoms with E-state index in [2.05, 4.69) is 0 Å². The first-order chi connectivity index (χ1) is 8.18. The molecule has 1 aromatic heterocycles. The third-order valence-corrected chi connectivity index (χ3v) is 4.17. The summed E-state index contributed by atoms with van der Waals surface area (Å²) in [5, 5.41) is 11.2. The lowest BCUT2D eigenvalue weighted by atomic mass is 10.2. The Bertz CT molecular complexity index is 792. The van der Waals surface area contributed by atoms with Crippen molar-refractivity contribution >= 4 is 43.1 Å². The lowest BCUT2D eigenvalue weighted by molar-refractivity contribution is 0.482. The summed E-state index contributed by atoms with van der Waals surface area (Å²) in [6.45, 7) is 0. The SMILES string of the molecule is O=c1c2ccccc2sc2c(O)ccc(Cl)c12. The van der Waals surface area contributed by atoms with E-state index < -0.39 is 0 Å². The van der Waals surface area contributed by atoms with Crippen LogP contribution in [0.3, 0.4) is 0 Å². The molecule has 0 amide bonds. The Morgan fingerprint density at radius 2 is 1.88 bits per heavy atom. The van der Waals surface area contributed by atoms with Gasteiger partial charge in [0.2, 0.25) is 0 Å². The average molecular weight is 263 g/mol. The van der Waals surface area contributed by atoms with Gasteiger partial charge in [0.1, 0.15) is 5.75 Å². The van der Waals surface area contributed by atoms with Crippen molar-refractivity contribution in [2.24, 2.45) is 0 Å². The van der Waals surface area contributed by atoms with Gasteiger partial charge in [-0.1, -0.05) is 23.7 Å². The van der Waals surface area contributed by atoms with Gasteiger partial charge in [0.15, 0.2) is 5.43 Å². The summed E-state index contributed by atoms with van der Waals surface area (Å²) >= 11 is 7.40. The molecule has 1 heterocycles. The summed E-state index contributed by atoms with van der Waals surface area (Å²) in [5.41, 5.74) is -0.129. The molecule has 0 saturated carbocycles. The van der Waals surface area contributed by atoms with Crippen molar-refractivity contribution in [3.05, 3.63) is 51.6 Å². The zero-order chi connectivity index (χ0) is 12.0. The maximum absolute atomic E-state index is 12.3. The van der Waals surface area contributed by atoms with Crippen LogP contribution in [0.4, 0.5) is 0 Å². The molecule has 1 N–H and O–H groups in total. The molecule has 3 rings (SSSR count). The van der Waals surface area contributed by atoms with E-state index in [9.17, 15) is 9.90 Å². The van der Waals surface area contributed by atoms with Crippen molar-refractivity contribution < 1.29 is 5.11 Å². The molecule has 0 fully saturated rings. The second-order valence-corrected chi connectivity index (χ2v) is 5.16. The van der Waals surface area contributed by atoms with Crippen LogP contribution in [0.25, 0.3) is 20.2 Å². The third kappa shape index (κ3) is 1.51. The summed E-state index contributed by atoms with van der Waals surface area (Å²) in [6.07, 6.45) is 0. The monoisotopic (exact) mass is 262 g/mol. The van der Waals surface area contributed by atoms with E-state index >= 15 is 0 Å². The van der Waals surface area contributed by atoms with Crippen LogP contribution in [0.15, 0.2) is 41.2 Å². The Kier molecular flexibility index (Phi) is 2.31. The molecule has 0 saturated heterocycles. The second-order valence-electron chi connectivity index (χ2n) is 3.70. The Morgan fingerprint density at radius 3 is 2.71 bits per heavy atom. The van der Waals surface area contributed by atoms with Gasteiger partial charge in [0, 0.05) is 10.1 Å². The molecular formula is C13H7ClO2S. The molecular weight excluding hydrogens is 256 g/mol. The van der Waals surface area contributed by atoms with Crippen molar-refractivity contribution in [3.8, 4) is 5.75 Å². The lowest BCUT2D eigenvalue weighted by Crippen LogP contribution is -2.01. The minimum atomic E-state index is -0.129. The first-order valence-corrected chi connectivity index (χ1v) is 6.21. The molecule has 0 radical (unpaired) electrons. The van der Waals surface area contributed by atoms with E-state index in [-0.39, 0.29) is 11.2 Å². The molecule has 4 heteroatoms. The van der Waals surface area contributed by atoms with Gasteiger partial charge in [0.25, 0.3) is 0 Å². The van der Waals surface area contributed by atoms with Crippen LogP contribution in [-0.2, 0) is 0 Å². The van der Waals surface area contributed by atoms with Gasteiger partial charge >= 0.3 is 0 Å². The molecule has 2 nitrogen and oxygen atoms in total. The van der Waals surface area contributed by atoms with Crippen LogP contribution < -0.4 is 5.43 Å². The summed E-state index contributed by atoms with van der Waals surface area (Å²) < 4.78 is 1.39. The Labute approximate surface area is 106 Å².